The van der Waals surface area contributed by atoms with E-state index in [0.717, 1.165) is 25.1 Å². The molecule has 1 aromatic heterocycles. The van der Waals surface area contributed by atoms with Gasteiger partial charge in [-0.15, -0.1) is 6.58 Å². The molecular weight excluding hydrogens is 198 g/mol. The van der Waals surface area contributed by atoms with Crippen LogP contribution >= 0.6 is 0 Å². The van der Waals surface area contributed by atoms with Gasteiger partial charge in [-0.05, 0) is 32.8 Å². The van der Waals surface area contributed by atoms with Crippen molar-refractivity contribution in [2.45, 2.75) is 52.2 Å². The number of aromatic nitrogens is 2. The summed E-state index contributed by atoms with van der Waals surface area (Å²) in [6, 6.07) is 3.03. The molecule has 0 amide bonds. The van der Waals surface area contributed by atoms with Crippen molar-refractivity contribution in [3.05, 3.63) is 30.6 Å². The van der Waals surface area contributed by atoms with E-state index in [9.17, 15) is 0 Å². The normalized spacial score (nSPS) is 14.7. The topological polar surface area (TPSA) is 29.9 Å². The molecule has 0 fully saturated rings. The average molecular weight is 221 g/mol. The highest BCUT2D eigenvalue weighted by atomic mass is 15.3. The SMILES string of the molecule is C=CCC(C)NCc1ccn(C(C)CC)n1. The van der Waals surface area contributed by atoms with Crippen LogP contribution in [-0.2, 0) is 6.54 Å². The number of nitrogens with zero attached hydrogens (tertiary/aromatic N) is 2. The summed E-state index contributed by atoms with van der Waals surface area (Å²) in [5.41, 5.74) is 1.11. The molecular formula is C13H23N3. The lowest BCUT2D eigenvalue weighted by Crippen LogP contribution is -2.25. The molecule has 1 heterocycles. The second-order valence-corrected chi connectivity index (χ2v) is 4.35. The lowest BCUT2D eigenvalue weighted by atomic mass is 10.2. The second-order valence-electron chi connectivity index (χ2n) is 4.35. The smallest absolute Gasteiger partial charge is 0.0762 e. The van der Waals surface area contributed by atoms with Crippen LogP contribution in [0.5, 0.6) is 0 Å². The third-order valence-corrected chi connectivity index (χ3v) is 2.86. The van der Waals surface area contributed by atoms with Crippen molar-refractivity contribution >= 4 is 0 Å². The zero-order chi connectivity index (χ0) is 12.0. The summed E-state index contributed by atoms with van der Waals surface area (Å²) in [6.07, 6.45) is 6.10. The fourth-order valence-electron chi connectivity index (χ4n) is 1.52. The van der Waals surface area contributed by atoms with E-state index in [2.05, 4.69) is 50.0 Å². The predicted octanol–water partition coefficient (Wildman–Crippen LogP) is 2.91. The van der Waals surface area contributed by atoms with Crippen LogP contribution in [0.4, 0.5) is 0 Å². The number of nitrogens with one attached hydrogen (secondary N) is 1. The maximum atomic E-state index is 4.54. The van der Waals surface area contributed by atoms with Gasteiger partial charge in [-0.3, -0.25) is 4.68 Å². The van der Waals surface area contributed by atoms with Crippen LogP contribution in [0.3, 0.4) is 0 Å². The van der Waals surface area contributed by atoms with Crippen molar-refractivity contribution in [2.24, 2.45) is 0 Å². The molecule has 1 aromatic rings. The highest BCUT2D eigenvalue weighted by Gasteiger charge is 2.05. The van der Waals surface area contributed by atoms with Gasteiger partial charge in [-0.25, -0.2) is 0 Å². The predicted molar refractivity (Wildman–Crippen MR) is 68.3 cm³/mol. The van der Waals surface area contributed by atoms with Crippen LogP contribution in [0, 0.1) is 0 Å². The van der Waals surface area contributed by atoms with Crippen molar-refractivity contribution in [1.82, 2.24) is 15.1 Å². The summed E-state index contributed by atoms with van der Waals surface area (Å²) in [5, 5.41) is 7.96. The van der Waals surface area contributed by atoms with Crippen LogP contribution in [0.25, 0.3) is 0 Å². The van der Waals surface area contributed by atoms with Crippen LogP contribution in [0.2, 0.25) is 0 Å². The molecule has 16 heavy (non-hydrogen) atoms. The largest absolute Gasteiger partial charge is 0.308 e. The van der Waals surface area contributed by atoms with E-state index < -0.39 is 0 Å². The Labute approximate surface area is 98.5 Å². The number of rotatable bonds is 7. The summed E-state index contributed by atoms with van der Waals surface area (Å²) in [5.74, 6) is 0. The van der Waals surface area contributed by atoms with Gasteiger partial charge in [0.1, 0.15) is 0 Å². The molecule has 0 saturated carbocycles. The zero-order valence-electron chi connectivity index (χ0n) is 10.6. The fraction of sp³-hybridized carbons (Fsp3) is 0.615. The highest BCUT2D eigenvalue weighted by molar-refractivity contribution is 4.99. The molecule has 0 aliphatic carbocycles. The Morgan fingerprint density at radius 2 is 2.31 bits per heavy atom. The molecule has 90 valence electrons. The zero-order valence-corrected chi connectivity index (χ0v) is 10.6. The average Bonchev–Trinajstić information content (AvgIpc) is 2.74. The van der Waals surface area contributed by atoms with Gasteiger partial charge in [-0.1, -0.05) is 13.0 Å². The van der Waals surface area contributed by atoms with Crippen molar-refractivity contribution in [1.29, 1.82) is 0 Å². The summed E-state index contributed by atoms with van der Waals surface area (Å²) in [7, 11) is 0. The molecule has 0 aliphatic heterocycles. The summed E-state index contributed by atoms with van der Waals surface area (Å²) in [6.45, 7) is 11.1. The highest BCUT2D eigenvalue weighted by Crippen LogP contribution is 2.09. The van der Waals surface area contributed by atoms with Gasteiger partial charge in [0.2, 0.25) is 0 Å². The van der Waals surface area contributed by atoms with Gasteiger partial charge < -0.3 is 5.32 Å². The summed E-state index contributed by atoms with van der Waals surface area (Å²) in [4.78, 5) is 0. The first-order valence-electron chi connectivity index (χ1n) is 6.05. The molecule has 0 aromatic carbocycles. The van der Waals surface area contributed by atoms with Gasteiger partial charge in [0.05, 0.1) is 5.69 Å². The quantitative estimate of drug-likeness (QED) is 0.717. The van der Waals surface area contributed by atoms with Gasteiger partial charge in [0.25, 0.3) is 0 Å². The monoisotopic (exact) mass is 221 g/mol. The molecule has 0 aliphatic rings. The Balaban J connectivity index is 2.43. The van der Waals surface area contributed by atoms with E-state index in [1.165, 1.54) is 0 Å². The maximum Gasteiger partial charge on any atom is 0.0762 e. The summed E-state index contributed by atoms with van der Waals surface area (Å²) >= 11 is 0. The number of hydrogen-bond donors (Lipinski definition) is 1. The minimum Gasteiger partial charge on any atom is -0.308 e. The minimum atomic E-state index is 0.464. The Morgan fingerprint density at radius 3 is 2.94 bits per heavy atom. The molecule has 0 spiro atoms. The van der Waals surface area contributed by atoms with Crippen LogP contribution < -0.4 is 5.32 Å². The van der Waals surface area contributed by atoms with E-state index in [1.807, 2.05) is 10.8 Å². The van der Waals surface area contributed by atoms with E-state index in [-0.39, 0.29) is 0 Å². The molecule has 2 atom stereocenters. The van der Waals surface area contributed by atoms with Crippen molar-refractivity contribution < 1.29 is 0 Å². The maximum absolute atomic E-state index is 4.54. The van der Waals surface area contributed by atoms with Crippen molar-refractivity contribution in [2.75, 3.05) is 0 Å². The Morgan fingerprint density at radius 1 is 1.56 bits per heavy atom. The molecule has 0 saturated heterocycles. The van der Waals surface area contributed by atoms with Crippen LogP contribution in [-0.4, -0.2) is 15.8 Å². The molecule has 0 bridgehead atoms. The molecule has 3 heteroatoms. The van der Waals surface area contributed by atoms with E-state index in [4.69, 9.17) is 0 Å². The third kappa shape index (κ3) is 3.81. The first-order chi connectivity index (χ1) is 7.67. The molecule has 1 rings (SSSR count). The Bertz CT molecular complexity index is 317. The third-order valence-electron chi connectivity index (χ3n) is 2.86. The lowest BCUT2D eigenvalue weighted by Gasteiger charge is -2.10. The first-order valence-corrected chi connectivity index (χ1v) is 6.05. The second kappa shape index (κ2) is 6.48. The fourth-order valence-corrected chi connectivity index (χ4v) is 1.52. The van der Waals surface area contributed by atoms with E-state index in [1.54, 1.807) is 0 Å². The van der Waals surface area contributed by atoms with Gasteiger partial charge in [0.15, 0.2) is 0 Å². The van der Waals surface area contributed by atoms with Crippen molar-refractivity contribution in [3.63, 3.8) is 0 Å². The van der Waals surface area contributed by atoms with Crippen molar-refractivity contribution in [3.8, 4) is 0 Å². The molecule has 3 nitrogen and oxygen atoms in total. The molecule has 1 N–H and O–H groups in total. The molecule has 0 radical (unpaired) electrons. The van der Waals surface area contributed by atoms with Crippen LogP contribution in [0.15, 0.2) is 24.9 Å². The van der Waals surface area contributed by atoms with E-state index in [0.29, 0.717) is 12.1 Å². The van der Waals surface area contributed by atoms with Gasteiger partial charge in [-0.2, -0.15) is 5.10 Å². The van der Waals surface area contributed by atoms with Crippen LogP contribution in [0.1, 0.15) is 45.3 Å². The van der Waals surface area contributed by atoms with Gasteiger partial charge >= 0.3 is 0 Å². The minimum absolute atomic E-state index is 0.464. The first kappa shape index (κ1) is 13.0. The summed E-state index contributed by atoms with van der Waals surface area (Å²) < 4.78 is 2.04. The standard InChI is InChI=1S/C13H23N3/c1-5-7-11(3)14-10-13-8-9-16(15-13)12(4)6-2/h5,8-9,11-12,14H,1,6-7,10H2,2-4H3. The number of hydrogen-bond acceptors (Lipinski definition) is 2. The van der Waals surface area contributed by atoms with Gasteiger partial charge in [0, 0.05) is 24.8 Å². The molecule has 2 unspecified atom stereocenters. The lowest BCUT2D eigenvalue weighted by molar-refractivity contribution is 0.467. The Hall–Kier alpha value is -1.09. The Kier molecular flexibility index (Phi) is 5.26. The van der Waals surface area contributed by atoms with E-state index >= 15 is 0 Å².